The first-order valence-electron chi connectivity index (χ1n) is 8.05. The number of fused-ring (bicyclic) bond motifs is 4. The summed E-state index contributed by atoms with van der Waals surface area (Å²) in [6, 6.07) is -5.21. The smallest absolute Gasteiger partial charge is 0.321 e. The third kappa shape index (κ3) is 0.889. The van der Waals surface area contributed by atoms with Crippen LogP contribution in [0.15, 0.2) is 0 Å². The van der Waals surface area contributed by atoms with Crippen molar-refractivity contribution in [1.82, 2.24) is 21.3 Å². The van der Waals surface area contributed by atoms with E-state index < -0.39 is 60.5 Å². The molecule has 1 saturated carbocycles. The van der Waals surface area contributed by atoms with Gasteiger partial charge in [-0.3, -0.25) is 20.2 Å². The Labute approximate surface area is 110 Å². The minimum Gasteiger partial charge on any atom is -0.332 e. The van der Waals surface area contributed by atoms with Crippen LogP contribution in [0.4, 0.5) is 9.59 Å². The maximum atomic E-state index is 12.5. The van der Waals surface area contributed by atoms with E-state index in [-0.39, 0.29) is 0 Å². The molecule has 2 saturated heterocycles. The van der Waals surface area contributed by atoms with E-state index in [1.165, 1.54) is 0 Å². The standard InChI is InChI=1S/C10H12N4O4/c1-9-3(11-7(17)13-5(9)15)4-10(9,2)6(16)14-8(18)12-4/h3-4H,1-2H3,(H2,11,13,15,17)(H2,12,14,16,18)/t3?,4?,9-,10-/m1/s1/i1T3,2T3. The topological polar surface area (TPSA) is 116 Å². The molecule has 0 aromatic rings. The molecule has 4 atom stereocenters. The molecule has 3 fully saturated rings. The fourth-order valence-corrected chi connectivity index (χ4v) is 2.68. The highest BCUT2D eigenvalue weighted by molar-refractivity contribution is 6.10. The lowest BCUT2D eigenvalue weighted by molar-refractivity contribution is -0.182. The number of carbonyl (C=O) groups is 4. The minimum atomic E-state index is -3.25. The molecule has 18 heavy (non-hydrogen) atoms. The summed E-state index contributed by atoms with van der Waals surface area (Å²) in [5.74, 6) is -2.79. The van der Waals surface area contributed by atoms with Gasteiger partial charge in [0.1, 0.15) is 0 Å². The first kappa shape index (κ1) is 6.17. The van der Waals surface area contributed by atoms with E-state index in [0.29, 0.717) is 0 Å². The average molecular weight is 264 g/mol. The quantitative estimate of drug-likeness (QED) is 0.423. The van der Waals surface area contributed by atoms with E-state index in [4.69, 9.17) is 8.22 Å². The lowest BCUT2D eigenvalue weighted by Crippen LogP contribution is -2.90. The predicted molar refractivity (Wildman–Crippen MR) is 57.1 cm³/mol. The fourth-order valence-electron chi connectivity index (χ4n) is 2.68. The average Bonchev–Trinajstić information content (AvgIpc) is 2.34. The van der Waals surface area contributed by atoms with Gasteiger partial charge in [-0.2, -0.15) is 0 Å². The van der Waals surface area contributed by atoms with Crippen LogP contribution in [0.5, 0.6) is 0 Å². The van der Waals surface area contributed by atoms with Crippen LogP contribution in [-0.2, 0) is 9.59 Å². The lowest BCUT2D eigenvalue weighted by Gasteiger charge is -2.66. The van der Waals surface area contributed by atoms with Crippen molar-refractivity contribution in [3.63, 3.8) is 0 Å². The normalized spacial score (nSPS) is 52.0. The molecule has 2 heterocycles. The number of imide groups is 2. The molecular formula is C10H12N4O4. The molecule has 0 spiro atoms. The zero-order valence-electron chi connectivity index (χ0n) is 14.8. The van der Waals surface area contributed by atoms with Crippen molar-refractivity contribution >= 4 is 23.9 Å². The van der Waals surface area contributed by atoms with E-state index in [1.54, 1.807) is 10.6 Å². The number of amides is 6. The van der Waals surface area contributed by atoms with Crippen molar-refractivity contribution in [2.24, 2.45) is 10.8 Å². The molecule has 3 rings (SSSR count). The second-order valence-corrected chi connectivity index (χ2v) is 4.43. The zero-order chi connectivity index (χ0) is 18.3. The van der Waals surface area contributed by atoms with Gasteiger partial charge >= 0.3 is 12.1 Å². The molecule has 96 valence electrons. The Kier molecular flexibility index (Phi) is 0.966. The summed E-state index contributed by atoms with van der Waals surface area (Å²) in [5, 5.41) is 7.77. The van der Waals surface area contributed by atoms with Gasteiger partial charge in [0.15, 0.2) is 0 Å². The van der Waals surface area contributed by atoms with E-state index in [0.717, 1.165) is 0 Å². The maximum absolute atomic E-state index is 12.5. The van der Waals surface area contributed by atoms with Gasteiger partial charge in [0.25, 0.3) is 0 Å². The highest BCUT2D eigenvalue weighted by atomic mass is 16.2. The summed E-state index contributed by atoms with van der Waals surface area (Å²) in [6.45, 7) is -6.50. The van der Waals surface area contributed by atoms with Crippen LogP contribution < -0.4 is 21.3 Å². The van der Waals surface area contributed by atoms with Gasteiger partial charge in [0.05, 0.1) is 22.9 Å². The van der Waals surface area contributed by atoms with Gasteiger partial charge in [-0.05, 0) is 13.7 Å². The summed E-state index contributed by atoms with van der Waals surface area (Å²) < 4.78 is 46.5. The molecule has 0 aromatic carbocycles. The third-order valence-electron chi connectivity index (χ3n) is 3.63. The second-order valence-electron chi connectivity index (χ2n) is 4.43. The van der Waals surface area contributed by atoms with Gasteiger partial charge in [-0.1, -0.05) is 0 Å². The van der Waals surface area contributed by atoms with E-state index in [1.807, 2.05) is 0 Å². The van der Waals surface area contributed by atoms with Crippen LogP contribution >= 0.6 is 0 Å². The Hall–Kier alpha value is -2.12. The van der Waals surface area contributed by atoms with Crippen molar-refractivity contribution in [3.8, 4) is 0 Å². The third-order valence-corrected chi connectivity index (χ3v) is 3.63. The Morgan fingerprint density at radius 3 is 1.61 bits per heavy atom. The number of hydrogen-bond donors (Lipinski definition) is 4. The molecule has 4 N–H and O–H groups in total. The SMILES string of the molecule is [3H]C([3H])([3H])[C@]12C(=O)NC(=O)NC1C1NC(=O)NC(=O)[C@@]12C([3H])([3H])[3H]. The summed E-state index contributed by atoms with van der Waals surface area (Å²) in [6.07, 6.45) is 0. The molecule has 8 heteroatoms. The van der Waals surface area contributed by atoms with Gasteiger partial charge in [0.2, 0.25) is 11.8 Å². The lowest BCUT2D eigenvalue weighted by atomic mass is 9.43. The maximum Gasteiger partial charge on any atom is 0.321 e. The van der Waals surface area contributed by atoms with Crippen LogP contribution in [0.25, 0.3) is 0 Å². The molecule has 8 nitrogen and oxygen atoms in total. The molecular weight excluding hydrogens is 240 g/mol. The number of nitrogens with one attached hydrogen (secondary N) is 4. The Balaban J connectivity index is 2.33. The first-order valence-corrected chi connectivity index (χ1v) is 5.05. The zero-order valence-corrected chi connectivity index (χ0v) is 8.79. The van der Waals surface area contributed by atoms with E-state index >= 15 is 0 Å². The molecule has 0 radical (unpaired) electrons. The van der Waals surface area contributed by atoms with Crippen LogP contribution in [0, 0.1) is 10.8 Å². The Morgan fingerprint density at radius 1 is 0.889 bits per heavy atom. The van der Waals surface area contributed by atoms with Crippen molar-refractivity contribution in [1.29, 1.82) is 0 Å². The van der Waals surface area contributed by atoms with Crippen LogP contribution in [-0.4, -0.2) is 36.0 Å². The summed E-state index contributed by atoms with van der Waals surface area (Å²) in [5.41, 5.74) is -5.50. The highest BCUT2D eigenvalue weighted by Crippen LogP contribution is 2.58. The largest absolute Gasteiger partial charge is 0.332 e. The van der Waals surface area contributed by atoms with Crippen molar-refractivity contribution in [2.75, 3.05) is 0 Å². The Morgan fingerprint density at radius 2 is 1.28 bits per heavy atom. The van der Waals surface area contributed by atoms with Crippen molar-refractivity contribution in [2.45, 2.75) is 25.8 Å². The minimum absolute atomic E-state index is 1.04. The summed E-state index contributed by atoms with van der Waals surface area (Å²) in [7, 11) is 0. The highest BCUT2D eigenvalue weighted by Gasteiger charge is 2.77. The monoisotopic (exact) mass is 264 g/mol. The van der Waals surface area contributed by atoms with Gasteiger partial charge in [-0.15, -0.1) is 0 Å². The molecule has 0 bridgehead atoms. The second kappa shape index (κ2) is 2.82. The van der Waals surface area contributed by atoms with Crippen molar-refractivity contribution in [3.05, 3.63) is 0 Å². The predicted octanol–water partition coefficient (Wildman–Crippen LogP) is -1.57. The molecule has 0 aromatic heterocycles. The Bertz CT molecular complexity index is 632. The number of urea groups is 2. The first-order chi connectivity index (χ1) is 10.8. The summed E-state index contributed by atoms with van der Waals surface area (Å²) >= 11 is 0. The van der Waals surface area contributed by atoms with E-state index in [9.17, 15) is 19.2 Å². The van der Waals surface area contributed by atoms with Crippen LogP contribution in [0.1, 0.15) is 21.9 Å². The molecule has 2 aliphatic heterocycles. The van der Waals surface area contributed by atoms with Crippen molar-refractivity contribution < 1.29 is 27.4 Å². The molecule has 3 aliphatic rings. The molecule has 2 unspecified atom stereocenters. The van der Waals surface area contributed by atoms with Gasteiger partial charge in [-0.25, -0.2) is 9.59 Å². The van der Waals surface area contributed by atoms with Gasteiger partial charge in [0, 0.05) is 8.22 Å². The molecule has 1 aliphatic carbocycles. The fraction of sp³-hybridized carbons (Fsp3) is 0.600. The van der Waals surface area contributed by atoms with Gasteiger partial charge < -0.3 is 10.6 Å². The van der Waals surface area contributed by atoms with Crippen LogP contribution in [0.3, 0.4) is 0 Å². The molecule has 6 amide bonds. The summed E-state index contributed by atoms with van der Waals surface area (Å²) in [4.78, 5) is 48.1. The van der Waals surface area contributed by atoms with Crippen LogP contribution in [0.2, 0.25) is 0 Å². The number of hydrogen-bond acceptors (Lipinski definition) is 4. The number of rotatable bonds is 0. The number of carbonyl (C=O) groups excluding carboxylic acids is 4. The van der Waals surface area contributed by atoms with E-state index in [2.05, 4.69) is 10.6 Å².